The normalized spacial score (nSPS) is 11.1. The van der Waals surface area contributed by atoms with E-state index in [4.69, 9.17) is 5.73 Å². The zero-order valence-corrected chi connectivity index (χ0v) is 11.1. The molecule has 0 amide bonds. The van der Waals surface area contributed by atoms with Crippen molar-refractivity contribution >= 4 is 0 Å². The maximum Gasteiger partial charge on any atom is 0.200 e. The van der Waals surface area contributed by atoms with Gasteiger partial charge in [0.05, 0.1) is 0 Å². The van der Waals surface area contributed by atoms with Crippen LogP contribution in [0.5, 0.6) is 0 Å². The van der Waals surface area contributed by atoms with Crippen molar-refractivity contribution in [3.8, 4) is 0 Å². The van der Waals surface area contributed by atoms with Gasteiger partial charge < -0.3 is 5.73 Å². The summed E-state index contributed by atoms with van der Waals surface area (Å²) in [6, 6.07) is 0. The summed E-state index contributed by atoms with van der Waals surface area (Å²) in [5.41, 5.74) is 4.62. The monoisotopic (exact) mass is 295 g/mol. The van der Waals surface area contributed by atoms with Gasteiger partial charge in [0.1, 0.15) is 0 Å². The molecule has 114 valence electrons. The molecule has 0 spiro atoms. The Morgan fingerprint density at radius 1 is 0.550 bits per heavy atom. The van der Waals surface area contributed by atoms with Crippen LogP contribution < -0.4 is 5.73 Å². The maximum atomic E-state index is 13.3. The second-order valence-corrected chi connectivity index (χ2v) is 4.71. The number of unbranched alkanes of at least 4 members (excludes halogenated alkanes) is 5. The van der Waals surface area contributed by atoms with Crippen molar-refractivity contribution in [2.75, 3.05) is 6.54 Å². The molecule has 0 bridgehead atoms. The summed E-state index contributed by atoms with van der Waals surface area (Å²) in [4.78, 5) is 0. The van der Waals surface area contributed by atoms with Crippen LogP contribution >= 0.6 is 0 Å². The van der Waals surface area contributed by atoms with Crippen LogP contribution in [0.2, 0.25) is 0 Å². The van der Waals surface area contributed by atoms with Gasteiger partial charge >= 0.3 is 0 Å². The molecule has 0 atom stereocenters. The Kier molecular flexibility index (Phi) is 6.91. The molecule has 6 heteroatoms. The Morgan fingerprint density at radius 2 is 0.950 bits per heavy atom. The lowest BCUT2D eigenvalue weighted by Crippen LogP contribution is -2.07. The van der Waals surface area contributed by atoms with Crippen LogP contribution in [0, 0.1) is 29.1 Å². The van der Waals surface area contributed by atoms with Gasteiger partial charge in [-0.2, -0.15) is 0 Å². The molecule has 0 radical (unpaired) electrons. The molecule has 0 unspecified atom stereocenters. The van der Waals surface area contributed by atoms with Crippen molar-refractivity contribution < 1.29 is 22.0 Å². The van der Waals surface area contributed by atoms with E-state index in [2.05, 4.69) is 0 Å². The third-order valence-corrected chi connectivity index (χ3v) is 3.18. The molecule has 0 saturated heterocycles. The van der Waals surface area contributed by atoms with E-state index in [-0.39, 0.29) is 6.42 Å². The Labute approximate surface area is 115 Å². The van der Waals surface area contributed by atoms with Crippen LogP contribution in [-0.4, -0.2) is 6.54 Å². The Morgan fingerprint density at radius 3 is 1.45 bits per heavy atom. The van der Waals surface area contributed by atoms with E-state index < -0.39 is 34.6 Å². The van der Waals surface area contributed by atoms with Crippen molar-refractivity contribution in [2.24, 2.45) is 5.73 Å². The molecule has 0 saturated carbocycles. The van der Waals surface area contributed by atoms with Crippen LogP contribution in [0.15, 0.2) is 0 Å². The summed E-state index contributed by atoms with van der Waals surface area (Å²) in [5, 5.41) is 0. The first-order chi connectivity index (χ1) is 9.50. The van der Waals surface area contributed by atoms with Gasteiger partial charge in [0.2, 0.25) is 5.82 Å². The fourth-order valence-electron chi connectivity index (χ4n) is 2.02. The topological polar surface area (TPSA) is 26.0 Å². The average molecular weight is 295 g/mol. The van der Waals surface area contributed by atoms with Gasteiger partial charge in [-0.05, 0) is 25.8 Å². The third-order valence-electron chi connectivity index (χ3n) is 3.18. The lowest BCUT2D eigenvalue weighted by atomic mass is 10.0. The van der Waals surface area contributed by atoms with Crippen molar-refractivity contribution in [3.63, 3.8) is 0 Å². The van der Waals surface area contributed by atoms with Crippen LogP contribution in [-0.2, 0) is 6.42 Å². The standard InChI is InChI=1S/C14H18F5N/c15-10-9(7-5-3-1-2-4-6-8-20)11(16)13(18)14(19)12(10)17/h1-8,20H2. The highest BCUT2D eigenvalue weighted by Crippen LogP contribution is 2.24. The molecule has 0 aliphatic rings. The zero-order chi connectivity index (χ0) is 15.1. The van der Waals surface area contributed by atoms with Crippen LogP contribution in [0.1, 0.15) is 44.1 Å². The summed E-state index contributed by atoms with van der Waals surface area (Å²) >= 11 is 0. The van der Waals surface area contributed by atoms with E-state index in [0.29, 0.717) is 19.4 Å². The molecule has 1 nitrogen and oxygen atoms in total. The highest BCUT2D eigenvalue weighted by atomic mass is 19.2. The smallest absolute Gasteiger partial charge is 0.200 e. The number of benzene rings is 1. The maximum absolute atomic E-state index is 13.3. The highest BCUT2D eigenvalue weighted by molar-refractivity contribution is 5.24. The van der Waals surface area contributed by atoms with Crippen LogP contribution in [0.25, 0.3) is 0 Å². The number of rotatable bonds is 8. The zero-order valence-electron chi connectivity index (χ0n) is 11.1. The molecule has 0 aliphatic carbocycles. The van der Waals surface area contributed by atoms with E-state index >= 15 is 0 Å². The van der Waals surface area contributed by atoms with Gasteiger partial charge in [-0.25, -0.2) is 22.0 Å². The average Bonchev–Trinajstić information content (AvgIpc) is 2.45. The van der Waals surface area contributed by atoms with Gasteiger partial charge in [-0.15, -0.1) is 0 Å². The minimum Gasteiger partial charge on any atom is -0.330 e. The molecule has 1 aromatic rings. The molecule has 0 fully saturated rings. The molecule has 0 aromatic heterocycles. The second kappa shape index (κ2) is 8.19. The van der Waals surface area contributed by atoms with E-state index in [0.717, 1.165) is 25.7 Å². The predicted molar refractivity (Wildman–Crippen MR) is 66.7 cm³/mol. The summed E-state index contributed by atoms with van der Waals surface area (Å²) < 4.78 is 65.4. The summed E-state index contributed by atoms with van der Waals surface area (Å²) in [6.07, 6.45) is 4.65. The SMILES string of the molecule is NCCCCCCCCc1c(F)c(F)c(F)c(F)c1F. The number of hydrogen-bond donors (Lipinski definition) is 1. The van der Waals surface area contributed by atoms with Crippen molar-refractivity contribution in [1.82, 2.24) is 0 Å². The van der Waals surface area contributed by atoms with Gasteiger partial charge in [0, 0.05) is 5.56 Å². The fourth-order valence-corrected chi connectivity index (χ4v) is 2.02. The molecule has 0 aliphatic heterocycles. The Hall–Kier alpha value is -1.17. The largest absolute Gasteiger partial charge is 0.330 e. The van der Waals surface area contributed by atoms with E-state index in [9.17, 15) is 22.0 Å². The lowest BCUT2D eigenvalue weighted by molar-refractivity contribution is 0.368. The van der Waals surface area contributed by atoms with E-state index in [1.54, 1.807) is 0 Å². The minimum atomic E-state index is -2.11. The summed E-state index contributed by atoms with van der Waals surface area (Å²) in [7, 11) is 0. The molecule has 0 heterocycles. The number of nitrogens with two attached hydrogens (primary N) is 1. The first-order valence-corrected chi connectivity index (χ1v) is 6.71. The number of halogens is 5. The van der Waals surface area contributed by atoms with Gasteiger partial charge in [0.25, 0.3) is 0 Å². The molecular formula is C14H18F5N. The van der Waals surface area contributed by atoms with Gasteiger partial charge in [-0.3, -0.25) is 0 Å². The number of hydrogen-bond acceptors (Lipinski definition) is 1. The quantitative estimate of drug-likeness (QED) is 0.330. The van der Waals surface area contributed by atoms with Crippen molar-refractivity contribution in [3.05, 3.63) is 34.6 Å². The highest BCUT2D eigenvalue weighted by Gasteiger charge is 2.24. The fraction of sp³-hybridized carbons (Fsp3) is 0.571. The first kappa shape index (κ1) is 16.9. The Balaban J connectivity index is 2.52. The van der Waals surface area contributed by atoms with Crippen LogP contribution in [0.3, 0.4) is 0 Å². The first-order valence-electron chi connectivity index (χ1n) is 6.71. The molecule has 1 aromatic carbocycles. The molecular weight excluding hydrogens is 277 g/mol. The predicted octanol–water partition coefficient (Wildman–Crippen LogP) is 4.22. The van der Waals surface area contributed by atoms with Crippen molar-refractivity contribution in [1.29, 1.82) is 0 Å². The molecule has 20 heavy (non-hydrogen) atoms. The molecule has 2 N–H and O–H groups in total. The Bertz CT molecular complexity index is 419. The molecule has 1 rings (SSSR count). The third kappa shape index (κ3) is 4.16. The van der Waals surface area contributed by atoms with E-state index in [1.807, 2.05) is 0 Å². The van der Waals surface area contributed by atoms with E-state index in [1.165, 1.54) is 0 Å². The van der Waals surface area contributed by atoms with Crippen molar-refractivity contribution in [2.45, 2.75) is 44.9 Å². The minimum absolute atomic E-state index is 0.150. The van der Waals surface area contributed by atoms with Gasteiger partial charge in [0.15, 0.2) is 23.3 Å². The van der Waals surface area contributed by atoms with Crippen LogP contribution in [0.4, 0.5) is 22.0 Å². The summed E-state index contributed by atoms with van der Waals surface area (Å²) in [6.45, 7) is 0.630. The lowest BCUT2D eigenvalue weighted by Gasteiger charge is -2.08. The summed E-state index contributed by atoms with van der Waals surface area (Å²) in [5.74, 6) is -9.29. The second-order valence-electron chi connectivity index (χ2n) is 4.71. The van der Waals surface area contributed by atoms with Gasteiger partial charge in [-0.1, -0.05) is 25.7 Å².